The van der Waals surface area contributed by atoms with Gasteiger partial charge in [-0.05, 0) is 32.4 Å². The largest absolute Gasteiger partial charge is 0.444 e. The maximum atomic E-state index is 13.1. The Balaban J connectivity index is 3.01. The standard InChI is InChI=1S/C15H22F3N3O2/c1-13(2,3)23-12(22)21-9-14(4,8-19)10-6-5-7-20-11(10)15(16,17)18/h5-7H,8-9,19H2,1-4H3,(H,21,22). The predicted octanol–water partition coefficient (Wildman–Crippen LogP) is 2.84. The first-order valence-electron chi connectivity index (χ1n) is 7.09. The van der Waals surface area contributed by atoms with E-state index in [1.165, 1.54) is 19.1 Å². The molecule has 1 rings (SSSR count). The van der Waals surface area contributed by atoms with Crippen LogP contribution in [-0.2, 0) is 16.3 Å². The Morgan fingerprint density at radius 2 is 1.91 bits per heavy atom. The molecule has 0 aromatic carbocycles. The summed E-state index contributed by atoms with van der Waals surface area (Å²) in [5, 5.41) is 2.47. The van der Waals surface area contributed by atoms with E-state index >= 15 is 0 Å². The van der Waals surface area contributed by atoms with Crippen LogP contribution in [0.25, 0.3) is 0 Å². The van der Waals surface area contributed by atoms with Crippen LogP contribution in [0.15, 0.2) is 18.3 Å². The smallest absolute Gasteiger partial charge is 0.433 e. The number of alkyl halides is 3. The van der Waals surface area contributed by atoms with Gasteiger partial charge in [-0.15, -0.1) is 0 Å². The van der Waals surface area contributed by atoms with Crippen molar-refractivity contribution in [3.05, 3.63) is 29.6 Å². The number of hydrogen-bond donors (Lipinski definition) is 2. The summed E-state index contributed by atoms with van der Waals surface area (Å²) in [4.78, 5) is 15.1. The van der Waals surface area contributed by atoms with E-state index in [2.05, 4.69) is 10.3 Å². The third-order valence-electron chi connectivity index (χ3n) is 3.20. The van der Waals surface area contributed by atoms with Gasteiger partial charge in [-0.3, -0.25) is 4.98 Å². The van der Waals surface area contributed by atoms with Crippen molar-refractivity contribution in [2.75, 3.05) is 13.1 Å². The Morgan fingerprint density at radius 3 is 2.39 bits per heavy atom. The van der Waals surface area contributed by atoms with Gasteiger partial charge in [-0.25, -0.2) is 4.79 Å². The van der Waals surface area contributed by atoms with E-state index in [4.69, 9.17) is 10.5 Å². The normalized spacial score (nSPS) is 15.0. The molecule has 1 aromatic heterocycles. The van der Waals surface area contributed by atoms with E-state index in [-0.39, 0.29) is 18.7 Å². The van der Waals surface area contributed by atoms with E-state index in [0.29, 0.717) is 0 Å². The van der Waals surface area contributed by atoms with Crippen molar-refractivity contribution in [2.24, 2.45) is 5.73 Å². The average molecular weight is 333 g/mol. The summed E-state index contributed by atoms with van der Waals surface area (Å²) >= 11 is 0. The molecular weight excluding hydrogens is 311 g/mol. The van der Waals surface area contributed by atoms with Gasteiger partial charge >= 0.3 is 12.3 Å². The maximum absolute atomic E-state index is 13.1. The number of rotatable bonds is 4. The van der Waals surface area contributed by atoms with Gasteiger partial charge < -0.3 is 15.8 Å². The summed E-state index contributed by atoms with van der Waals surface area (Å²) in [5.74, 6) is 0. The second kappa shape index (κ2) is 6.74. The Morgan fingerprint density at radius 1 is 1.30 bits per heavy atom. The fourth-order valence-corrected chi connectivity index (χ4v) is 1.98. The third kappa shape index (κ3) is 5.38. The van der Waals surface area contributed by atoms with E-state index < -0.39 is 29.0 Å². The van der Waals surface area contributed by atoms with Gasteiger partial charge in [0, 0.05) is 24.7 Å². The highest BCUT2D eigenvalue weighted by Gasteiger charge is 2.40. The summed E-state index contributed by atoms with van der Waals surface area (Å²) in [6.07, 6.45) is -4.24. The van der Waals surface area contributed by atoms with Gasteiger partial charge in [0.25, 0.3) is 0 Å². The van der Waals surface area contributed by atoms with Gasteiger partial charge in [0.2, 0.25) is 0 Å². The number of nitrogens with two attached hydrogens (primary N) is 1. The van der Waals surface area contributed by atoms with E-state index in [1.807, 2.05) is 0 Å². The van der Waals surface area contributed by atoms with Crippen LogP contribution in [0, 0.1) is 0 Å². The Bertz CT molecular complexity index is 556. The number of hydrogen-bond acceptors (Lipinski definition) is 4. The number of nitrogens with one attached hydrogen (secondary N) is 1. The number of carbonyl (C=O) groups excluding carboxylic acids is 1. The van der Waals surface area contributed by atoms with E-state index in [9.17, 15) is 18.0 Å². The molecule has 8 heteroatoms. The molecule has 0 spiro atoms. The monoisotopic (exact) mass is 333 g/mol. The Kier molecular flexibility index (Phi) is 5.63. The minimum Gasteiger partial charge on any atom is -0.444 e. The van der Waals surface area contributed by atoms with Crippen molar-refractivity contribution in [1.82, 2.24) is 10.3 Å². The lowest BCUT2D eigenvalue weighted by Gasteiger charge is -2.31. The predicted molar refractivity (Wildman–Crippen MR) is 79.9 cm³/mol. The molecule has 0 aliphatic heterocycles. The quantitative estimate of drug-likeness (QED) is 0.888. The molecule has 0 radical (unpaired) electrons. The molecule has 3 N–H and O–H groups in total. The van der Waals surface area contributed by atoms with Crippen LogP contribution >= 0.6 is 0 Å². The number of nitrogens with zero attached hydrogens (tertiary/aromatic N) is 1. The Hall–Kier alpha value is -1.83. The summed E-state index contributed by atoms with van der Waals surface area (Å²) in [5.41, 5.74) is 2.78. The lowest BCUT2D eigenvalue weighted by molar-refractivity contribution is -0.142. The van der Waals surface area contributed by atoms with Gasteiger partial charge in [0.1, 0.15) is 11.3 Å². The molecule has 0 fully saturated rings. The second-order valence-corrected chi connectivity index (χ2v) is 6.52. The zero-order chi connectivity index (χ0) is 17.9. The number of ether oxygens (including phenoxy) is 1. The lowest BCUT2D eigenvalue weighted by Crippen LogP contribution is -2.46. The number of carbonyl (C=O) groups is 1. The molecule has 5 nitrogen and oxygen atoms in total. The highest BCUT2D eigenvalue weighted by atomic mass is 19.4. The van der Waals surface area contributed by atoms with E-state index in [1.54, 1.807) is 20.8 Å². The molecule has 1 unspecified atom stereocenters. The van der Waals surface area contributed by atoms with E-state index in [0.717, 1.165) is 6.20 Å². The van der Waals surface area contributed by atoms with Gasteiger partial charge in [-0.2, -0.15) is 13.2 Å². The molecule has 1 atom stereocenters. The maximum Gasteiger partial charge on any atom is 0.433 e. The van der Waals surface area contributed by atoms with Gasteiger partial charge in [0.15, 0.2) is 0 Å². The average Bonchev–Trinajstić information content (AvgIpc) is 2.42. The van der Waals surface area contributed by atoms with Crippen LogP contribution in [-0.4, -0.2) is 29.8 Å². The molecule has 23 heavy (non-hydrogen) atoms. The Labute approximate surface area is 133 Å². The van der Waals surface area contributed by atoms with Crippen molar-refractivity contribution < 1.29 is 22.7 Å². The van der Waals surface area contributed by atoms with Gasteiger partial charge in [-0.1, -0.05) is 13.0 Å². The van der Waals surface area contributed by atoms with Crippen LogP contribution in [0.5, 0.6) is 0 Å². The van der Waals surface area contributed by atoms with Crippen molar-refractivity contribution in [3.63, 3.8) is 0 Å². The lowest BCUT2D eigenvalue weighted by atomic mass is 9.81. The van der Waals surface area contributed by atoms with Crippen molar-refractivity contribution in [3.8, 4) is 0 Å². The fraction of sp³-hybridized carbons (Fsp3) is 0.600. The number of pyridine rings is 1. The molecule has 0 saturated heterocycles. The third-order valence-corrected chi connectivity index (χ3v) is 3.20. The zero-order valence-corrected chi connectivity index (χ0v) is 13.6. The van der Waals surface area contributed by atoms with Crippen LogP contribution in [0.2, 0.25) is 0 Å². The zero-order valence-electron chi connectivity index (χ0n) is 13.6. The molecule has 1 amide bonds. The second-order valence-electron chi connectivity index (χ2n) is 6.52. The minimum absolute atomic E-state index is 0.0638. The first-order valence-corrected chi connectivity index (χ1v) is 7.09. The molecule has 1 heterocycles. The molecule has 0 aliphatic rings. The summed E-state index contributed by atoms with van der Waals surface area (Å²) in [7, 11) is 0. The highest BCUT2D eigenvalue weighted by molar-refractivity contribution is 5.67. The SMILES string of the molecule is CC(C)(C)OC(=O)NCC(C)(CN)c1cccnc1C(F)(F)F. The first kappa shape index (κ1) is 19.2. The fourth-order valence-electron chi connectivity index (χ4n) is 1.98. The summed E-state index contributed by atoms with van der Waals surface area (Å²) in [6, 6.07) is 2.73. The van der Waals surface area contributed by atoms with Gasteiger partial charge in [0.05, 0.1) is 0 Å². The van der Waals surface area contributed by atoms with Crippen molar-refractivity contribution in [2.45, 2.75) is 44.9 Å². The summed E-state index contributed by atoms with van der Waals surface area (Å²) < 4.78 is 44.4. The minimum atomic E-state index is -4.60. The van der Waals surface area contributed by atoms with Crippen LogP contribution < -0.4 is 11.1 Å². The highest BCUT2D eigenvalue weighted by Crippen LogP contribution is 2.35. The number of alkyl carbamates (subject to hydrolysis) is 1. The molecular formula is C15H22F3N3O2. The first-order chi connectivity index (χ1) is 10.4. The molecule has 0 saturated carbocycles. The molecule has 0 bridgehead atoms. The van der Waals surface area contributed by atoms with Crippen LogP contribution in [0.4, 0.5) is 18.0 Å². The van der Waals surface area contributed by atoms with Crippen molar-refractivity contribution in [1.29, 1.82) is 0 Å². The topological polar surface area (TPSA) is 77.2 Å². The van der Waals surface area contributed by atoms with Crippen LogP contribution in [0.3, 0.4) is 0 Å². The number of halogens is 3. The molecule has 0 aliphatic carbocycles. The number of aromatic nitrogens is 1. The molecule has 130 valence electrons. The van der Waals surface area contributed by atoms with Crippen LogP contribution in [0.1, 0.15) is 39.0 Å². The van der Waals surface area contributed by atoms with Crippen molar-refractivity contribution >= 4 is 6.09 Å². The molecule has 1 aromatic rings. The number of amides is 1. The summed E-state index contributed by atoms with van der Waals surface area (Å²) in [6.45, 7) is 6.41.